The predicted octanol–water partition coefficient (Wildman–Crippen LogP) is 9.38. The highest BCUT2D eigenvalue weighted by Crippen LogP contribution is 2.48. The average molecular weight is 460 g/mol. The molecule has 0 atom stereocenters. The Labute approximate surface area is 208 Å². The molecule has 2 heterocycles. The van der Waals surface area contributed by atoms with Crippen LogP contribution in [-0.2, 0) is 0 Å². The lowest BCUT2D eigenvalue weighted by Gasteiger charge is -2.22. The summed E-state index contributed by atoms with van der Waals surface area (Å²) in [5.41, 5.74) is 8.41. The van der Waals surface area contributed by atoms with E-state index in [2.05, 4.69) is 120 Å². The molecule has 6 aromatic carbocycles. The van der Waals surface area contributed by atoms with Gasteiger partial charge in [-0.3, -0.25) is 0 Å². The fraction of sp³-hybridized carbons (Fsp3) is 0. The van der Waals surface area contributed by atoms with Gasteiger partial charge in [-0.15, -0.1) is 0 Å². The number of hydrogen-bond donors (Lipinski definition) is 0. The van der Waals surface area contributed by atoms with Crippen LogP contribution in [0, 0.1) is 0 Å². The topological polar surface area (TPSA) is 14.2 Å². The molecule has 0 fully saturated rings. The van der Waals surface area contributed by atoms with Crippen molar-refractivity contribution in [3.63, 3.8) is 0 Å². The van der Waals surface area contributed by atoms with Crippen molar-refractivity contribution in [1.29, 1.82) is 0 Å². The highest BCUT2D eigenvalue weighted by Gasteiger charge is 2.21. The standard InChI is InChI=1S/C34H21NO/c1-2-10-25(11-3-1)35-30-14-6-4-12-26(30)28-20-22(17-18-31(28)35)24-19-23-9-8-16-33-34(23)29(21-24)27-13-5-7-15-32(27)36-33/h1-21H. The molecule has 0 spiro atoms. The number of nitrogens with zero attached hydrogens (tertiary/aromatic N) is 1. The summed E-state index contributed by atoms with van der Waals surface area (Å²) < 4.78 is 8.60. The maximum atomic E-state index is 6.24. The number of para-hydroxylation sites is 3. The molecule has 36 heavy (non-hydrogen) atoms. The molecule has 0 saturated carbocycles. The SMILES string of the molecule is c1ccc(-n2c3ccccc3c3cc(-c4cc5c6c(cccc6c4)Oc4ccccc4-5)ccc32)cc1. The van der Waals surface area contributed by atoms with E-state index in [0.29, 0.717) is 0 Å². The predicted molar refractivity (Wildman–Crippen MR) is 149 cm³/mol. The smallest absolute Gasteiger partial charge is 0.135 e. The van der Waals surface area contributed by atoms with E-state index in [1.165, 1.54) is 55.0 Å². The minimum absolute atomic E-state index is 0.913. The van der Waals surface area contributed by atoms with Gasteiger partial charge >= 0.3 is 0 Å². The first-order valence-electron chi connectivity index (χ1n) is 12.3. The van der Waals surface area contributed by atoms with Gasteiger partial charge in [0.1, 0.15) is 11.5 Å². The maximum Gasteiger partial charge on any atom is 0.135 e. The summed E-state index contributed by atoms with van der Waals surface area (Å²) in [6.45, 7) is 0. The van der Waals surface area contributed by atoms with E-state index >= 15 is 0 Å². The van der Waals surface area contributed by atoms with Crippen molar-refractivity contribution in [3.05, 3.63) is 127 Å². The van der Waals surface area contributed by atoms with Gasteiger partial charge in [0.15, 0.2) is 0 Å². The van der Waals surface area contributed by atoms with Gasteiger partial charge in [-0.25, -0.2) is 0 Å². The quantitative estimate of drug-likeness (QED) is 0.251. The molecule has 7 aromatic rings. The van der Waals surface area contributed by atoms with Crippen LogP contribution >= 0.6 is 0 Å². The van der Waals surface area contributed by atoms with Gasteiger partial charge in [-0.2, -0.15) is 0 Å². The van der Waals surface area contributed by atoms with Crippen LogP contribution in [0.2, 0.25) is 0 Å². The number of rotatable bonds is 2. The van der Waals surface area contributed by atoms with Crippen LogP contribution in [0.15, 0.2) is 127 Å². The molecule has 0 amide bonds. The minimum Gasteiger partial charge on any atom is -0.456 e. The summed E-state index contributed by atoms with van der Waals surface area (Å²) in [4.78, 5) is 0. The van der Waals surface area contributed by atoms with E-state index in [1.807, 2.05) is 12.1 Å². The minimum atomic E-state index is 0.913. The lowest BCUT2D eigenvalue weighted by atomic mass is 9.90. The summed E-state index contributed by atoms with van der Waals surface area (Å²) in [6.07, 6.45) is 0. The van der Waals surface area contributed by atoms with E-state index < -0.39 is 0 Å². The zero-order chi connectivity index (χ0) is 23.6. The normalized spacial score (nSPS) is 12.1. The zero-order valence-electron chi connectivity index (χ0n) is 19.5. The molecule has 0 radical (unpaired) electrons. The average Bonchev–Trinajstić information content (AvgIpc) is 3.27. The first-order chi connectivity index (χ1) is 17.8. The summed E-state index contributed by atoms with van der Waals surface area (Å²) in [6, 6.07) is 45.4. The number of fused-ring (bicyclic) bond motifs is 5. The fourth-order valence-corrected chi connectivity index (χ4v) is 5.76. The van der Waals surface area contributed by atoms with Gasteiger partial charge in [0.25, 0.3) is 0 Å². The molecule has 0 bridgehead atoms. The Morgan fingerprint density at radius 3 is 2.19 bits per heavy atom. The lowest BCUT2D eigenvalue weighted by molar-refractivity contribution is 0.487. The van der Waals surface area contributed by atoms with Crippen LogP contribution < -0.4 is 4.74 Å². The van der Waals surface area contributed by atoms with Crippen LogP contribution in [0.4, 0.5) is 0 Å². The van der Waals surface area contributed by atoms with E-state index in [4.69, 9.17) is 4.74 Å². The van der Waals surface area contributed by atoms with E-state index in [0.717, 1.165) is 17.1 Å². The van der Waals surface area contributed by atoms with Crippen molar-refractivity contribution in [2.75, 3.05) is 0 Å². The number of ether oxygens (including phenoxy) is 1. The first kappa shape index (κ1) is 19.5. The van der Waals surface area contributed by atoms with E-state index in [-0.39, 0.29) is 0 Å². The third kappa shape index (κ3) is 2.73. The van der Waals surface area contributed by atoms with Crippen molar-refractivity contribution in [3.8, 4) is 39.4 Å². The van der Waals surface area contributed by atoms with Crippen LogP contribution in [0.5, 0.6) is 11.5 Å². The largest absolute Gasteiger partial charge is 0.456 e. The molecule has 1 aromatic heterocycles. The molecular weight excluding hydrogens is 438 g/mol. The van der Waals surface area contributed by atoms with Gasteiger partial charge in [0.05, 0.1) is 11.0 Å². The second-order valence-corrected chi connectivity index (χ2v) is 9.40. The van der Waals surface area contributed by atoms with Crippen LogP contribution in [-0.4, -0.2) is 4.57 Å². The van der Waals surface area contributed by atoms with Crippen LogP contribution in [0.25, 0.3) is 60.5 Å². The summed E-state index contributed by atoms with van der Waals surface area (Å²) in [7, 11) is 0. The van der Waals surface area contributed by atoms with Crippen LogP contribution in [0.3, 0.4) is 0 Å². The van der Waals surface area contributed by atoms with Gasteiger partial charge in [0, 0.05) is 27.4 Å². The second-order valence-electron chi connectivity index (χ2n) is 9.40. The summed E-state index contributed by atoms with van der Waals surface area (Å²) >= 11 is 0. The summed E-state index contributed by atoms with van der Waals surface area (Å²) in [5, 5.41) is 4.91. The van der Waals surface area contributed by atoms with E-state index in [9.17, 15) is 0 Å². The monoisotopic (exact) mass is 459 g/mol. The molecule has 0 unspecified atom stereocenters. The molecule has 0 saturated heterocycles. The Morgan fingerprint density at radius 1 is 0.472 bits per heavy atom. The molecule has 2 heteroatoms. The Morgan fingerprint density at radius 2 is 1.25 bits per heavy atom. The van der Waals surface area contributed by atoms with Crippen molar-refractivity contribution >= 4 is 32.6 Å². The van der Waals surface area contributed by atoms with Gasteiger partial charge in [-0.1, -0.05) is 72.8 Å². The maximum absolute atomic E-state index is 6.24. The van der Waals surface area contributed by atoms with Gasteiger partial charge < -0.3 is 9.30 Å². The summed E-state index contributed by atoms with van der Waals surface area (Å²) in [5.74, 6) is 1.84. The van der Waals surface area contributed by atoms with Crippen molar-refractivity contribution < 1.29 is 4.74 Å². The number of hydrogen-bond acceptors (Lipinski definition) is 1. The molecule has 1 aliphatic heterocycles. The Balaban J connectivity index is 1.40. The lowest BCUT2D eigenvalue weighted by Crippen LogP contribution is -1.97. The van der Waals surface area contributed by atoms with Crippen molar-refractivity contribution in [2.24, 2.45) is 0 Å². The van der Waals surface area contributed by atoms with E-state index in [1.54, 1.807) is 0 Å². The molecule has 0 N–H and O–H groups in total. The molecule has 0 aliphatic carbocycles. The number of aromatic nitrogens is 1. The fourth-order valence-electron chi connectivity index (χ4n) is 5.76. The van der Waals surface area contributed by atoms with Crippen molar-refractivity contribution in [2.45, 2.75) is 0 Å². The zero-order valence-corrected chi connectivity index (χ0v) is 19.5. The molecular formula is C34H21NO. The third-order valence-electron chi connectivity index (χ3n) is 7.36. The Hall–Kier alpha value is -4.82. The molecule has 2 nitrogen and oxygen atoms in total. The highest BCUT2D eigenvalue weighted by molar-refractivity contribution is 6.11. The molecule has 1 aliphatic rings. The third-order valence-corrected chi connectivity index (χ3v) is 7.36. The highest BCUT2D eigenvalue weighted by atomic mass is 16.5. The van der Waals surface area contributed by atoms with Crippen LogP contribution in [0.1, 0.15) is 0 Å². The number of benzene rings is 6. The molecule has 8 rings (SSSR count). The van der Waals surface area contributed by atoms with Crippen molar-refractivity contribution in [1.82, 2.24) is 4.57 Å². The second kappa shape index (κ2) is 7.34. The Bertz CT molecular complexity index is 1960. The molecule has 168 valence electrons. The van der Waals surface area contributed by atoms with Gasteiger partial charge in [0.2, 0.25) is 0 Å². The Kier molecular flexibility index (Phi) is 3.97. The van der Waals surface area contributed by atoms with Gasteiger partial charge in [-0.05, 0) is 76.7 Å². The first-order valence-corrected chi connectivity index (χ1v) is 12.3.